The molecule has 0 aliphatic rings. The highest BCUT2D eigenvalue weighted by atomic mass is 16.5. The van der Waals surface area contributed by atoms with Crippen LogP contribution in [0.3, 0.4) is 0 Å². The Labute approximate surface area is 110 Å². The van der Waals surface area contributed by atoms with Crippen molar-refractivity contribution in [2.24, 2.45) is 0 Å². The third-order valence-electron chi connectivity index (χ3n) is 3.22. The highest BCUT2D eigenvalue weighted by molar-refractivity contribution is 5.29. The van der Waals surface area contributed by atoms with E-state index in [1.54, 1.807) is 14.2 Å². The normalized spacial score (nSPS) is 13.4. The van der Waals surface area contributed by atoms with Crippen LogP contribution >= 0.6 is 0 Å². The number of benzene rings is 1. The van der Waals surface area contributed by atoms with E-state index in [0.717, 1.165) is 18.7 Å². The Bertz CT molecular complexity index is 346. The number of rotatable bonds is 7. The first-order chi connectivity index (χ1) is 8.52. The van der Waals surface area contributed by atoms with Crippen LogP contribution in [0, 0.1) is 0 Å². The van der Waals surface area contributed by atoms with Crippen molar-refractivity contribution < 1.29 is 9.47 Å². The lowest BCUT2D eigenvalue weighted by Gasteiger charge is -2.29. The number of methoxy groups -OCH3 is 2. The average molecular weight is 251 g/mol. The van der Waals surface area contributed by atoms with Crippen molar-refractivity contribution in [3.05, 3.63) is 29.8 Å². The molecule has 3 nitrogen and oxygen atoms in total. The van der Waals surface area contributed by atoms with E-state index in [4.69, 9.17) is 9.47 Å². The molecule has 0 saturated carbocycles. The first kappa shape index (κ1) is 15.0. The van der Waals surface area contributed by atoms with E-state index in [-0.39, 0.29) is 5.60 Å². The van der Waals surface area contributed by atoms with Gasteiger partial charge in [-0.1, -0.05) is 19.1 Å². The number of nitrogens with one attached hydrogen (secondary N) is 1. The molecule has 1 atom stereocenters. The Morgan fingerprint density at radius 3 is 2.22 bits per heavy atom. The zero-order valence-corrected chi connectivity index (χ0v) is 12.1. The first-order valence-corrected chi connectivity index (χ1v) is 6.45. The third-order valence-corrected chi connectivity index (χ3v) is 3.22. The summed E-state index contributed by atoms with van der Waals surface area (Å²) in [5.41, 5.74) is 1.13. The minimum absolute atomic E-state index is 0.132. The minimum atomic E-state index is -0.132. The summed E-state index contributed by atoms with van der Waals surface area (Å²) in [4.78, 5) is 0. The van der Waals surface area contributed by atoms with Gasteiger partial charge >= 0.3 is 0 Å². The van der Waals surface area contributed by atoms with Gasteiger partial charge in [-0.3, -0.25) is 0 Å². The van der Waals surface area contributed by atoms with Gasteiger partial charge in [0.15, 0.2) is 0 Å². The third kappa shape index (κ3) is 4.31. The summed E-state index contributed by atoms with van der Waals surface area (Å²) in [6.45, 7) is 7.29. The molecular formula is C15H25NO2. The maximum atomic E-state index is 5.52. The SMILES string of the molecule is CCNC(CC(C)(C)OC)c1ccc(OC)cc1. The van der Waals surface area contributed by atoms with Crippen LogP contribution in [0.2, 0.25) is 0 Å². The van der Waals surface area contributed by atoms with E-state index in [1.165, 1.54) is 5.56 Å². The molecule has 1 aromatic rings. The van der Waals surface area contributed by atoms with E-state index in [1.807, 2.05) is 12.1 Å². The first-order valence-electron chi connectivity index (χ1n) is 6.45. The molecule has 3 heteroatoms. The Balaban J connectivity index is 2.82. The summed E-state index contributed by atoms with van der Waals surface area (Å²) < 4.78 is 10.7. The zero-order valence-electron chi connectivity index (χ0n) is 12.1. The smallest absolute Gasteiger partial charge is 0.118 e. The van der Waals surface area contributed by atoms with Crippen molar-refractivity contribution in [2.45, 2.75) is 38.8 Å². The van der Waals surface area contributed by atoms with Crippen molar-refractivity contribution in [1.82, 2.24) is 5.32 Å². The number of ether oxygens (including phenoxy) is 2. The molecule has 1 aromatic carbocycles. The fourth-order valence-electron chi connectivity index (χ4n) is 1.97. The maximum Gasteiger partial charge on any atom is 0.118 e. The molecule has 0 radical (unpaired) electrons. The van der Waals surface area contributed by atoms with Gasteiger partial charge in [-0.2, -0.15) is 0 Å². The van der Waals surface area contributed by atoms with Crippen LogP contribution in [0.25, 0.3) is 0 Å². The molecule has 0 heterocycles. The summed E-state index contributed by atoms with van der Waals surface area (Å²) in [6, 6.07) is 8.52. The molecular weight excluding hydrogens is 226 g/mol. The van der Waals surface area contributed by atoms with Gasteiger partial charge in [0.05, 0.1) is 12.7 Å². The van der Waals surface area contributed by atoms with Crippen LogP contribution < -0.4 is 10.1 Å². The molecule has 1 rings (SSSR count). The minimum Gasteiger partial charge on any atom is -0.497 e. The second-order valence-electron chi connectivity index (χ2n) is 5.05. The van der Waals surface area contributed by atoms with Gasteiger partial charge < -0.3 is 14.8 Å². The van der Waals surface area contributed by atoms with Crippen LogP contribution in [0.1, 0.15) is 38.8 Å². The van der Waals surface area contributed by atoms with E-state index in [9.17, 15) is 0 Å². The number of hydrogen-bond donors (Lipinski definition) is 1. The molecule has 102 valence electrons. The molecule has 18 heavy (non-hydrogen) atoms. The Kier molecular flexibility index (Phi) is 5.63. The van der Waals surface area contributed by atoms with Crippen molar-refractivity contribution in [2.75, 3.05) is 20.8 Å². The van der Waals surface area contributed by atoms with Gasteiger partial charge in [0.2, 0.25) is 0 Å². The molecule has 1 unspecified atom stereocenters. The van der Waals surface area contributed by atoms with E-state index >= 15 is 0 Å². The van der Waals surface area contributed by atoms with Crippen molar-refractivity contribution in [1.29, 1.82) is 0 Å². The predicted octanol–water partition coefficient (Wildman–Crippen LogP) is 3.16. The van der Waals surface area contributed by atoms with Crippen LogP contribution in [-0.2, 0) is 4.74 Å². The molecule has 0 bridgehead atoms. The number of hydrogen-bond acceptors (Lipinski definition) is 3. The van der Waals surface area contributed by atoms with Crippen molar-refractivity contribution in [3.63, 3.8) is 0 Å². The monoisotopic (exact) mass is 251 g/mol. The van der Waals surface area contributed by atoms with Crippen molar-refractivity contribution in [3.8, 4) is 5.75 Å². The predicted molar refractivity (Wildman–Crippen MR) is 75.1 cm³/mol. The van der Waals surface area contributed by atoms with Gasteiger partial charge in [-0.25, -0.2) is 0 Å². The maximum absolute atomic E-state index is 5.52. The molecule has 0 fully saturated rings. The molecule has 0 amide bonds. The van der Waals surface area contributed by atoms with Gasteiger partial charge in [0, 0.05) is 13.2 Å². The summed E-state index contributed by atoms with van der Waals surface area (Å²) in [5, 5.41) is 3.51. The van der Waals surface area contributed by atoms with Crippen LogP contribution in [0.5, 0.6) is 5.75 Å². The summed E-state index contributed by atoms with van der Waals surface area (Å²) in [7, 11) is 3.45. The van der Waals surface area contributed by atoms with Gasteiger partial charge in [-0.15, -0.1) is 0 Å². The lowest BCUT2D eigenvalue weighted by molar-refractivity contribution is 0.00697. The Morgan fingerprint density at radius 2 is 1.78 bits per heavy atom. The van der Waals surface area contributed by atoms with Gasteiger partial charge in [0.1, 0.15) is 5.75 Å². The highest BCUT2D eigenvalue weighted by Gasteiger charge is 2.23. The molecule has 0 spiro atoms. The largest absolute Gasteiger partial charge is 0.497 e. The molecule has 1 N–H and O–H groups in total. The molecule has 0 aliphatic carbocycles. The zero-order chi connectivity index (χ0) is 13.6. The highest BCUT2D eigenvalue weighted by Crippen LogP contribution is 2.27. The summed E-state index contributed by atoms with van der Waals surface area (Å²) in [6.07, 6.45) is 0.934. The van der Waals surface area contributed by atoms with E-state index < -0.39 is 0 Å². The second-order valence-corrected chi connectivity index (χ2v) is 5.05. The molecule has 0 aliphatic heterocycles. The fourth-order valence-corrected chi connectivity index (χ4v) is 1.97. The van der Waals surface area contributed by atoms with Crippen molar-refractivity contribution >= 4 is 0 Å². The lowest BCUT2D eigenvalue weighted by Crippen LogP contribution is -2.32. The average Bonchev–Trinajstić information content (AvgIpc) is 2.38. The topological polar surface area (TPSA) is 30.5 Å². The Hall–Kier alpha value is -1.06. The standard InChI is InChI=1S/C15H25NO2/c1-6-16-14(11-15(2,3)18-5)12-7-9-13(17-4)10-8-12/h7-10,14,16H,6,11H2,1-5H3. The van der Waals surface area contributed by atoms with Gasteiger partial charge in [0.25, 0.3) is 0 Å². The van der Waals surface area contributed by atoms with Crippen LogP contribution in [0.15, 0.2) is 24.3 Å². The fraction of sp³-hybridized carbons (Fsp3) is 0.600. The quantitative estimate of drug-likeness (QED) is 0.807. The lowest BCUT2D eigenvalue weighted by atomic mass is 9.93. The van der Waals surface area contributed by atoms with Gasteiger partial charge in [-0.05, 0) is 44.5 Å². The second kappa shape index (κ2) is 6.76. The summed E-state index contributed by atoms with van der Waals surface area (Å²) >= 11 is 0. The molecule has 0 aromatic heterocycles. The van der Waals surface area contributed by atoms with E-state index in [2.05, 4.69) is 38.2 Å². The molecule has 0 saturated heterocycles. The van der Waals surface area contributed by atoms with E-state index in [0.29, 0.717) is 6.04 Å². The summed E-state index contributed by atoms with van der Waals surface area (Å²) in [5.74, 6) is 0.889. The van der Waals surface area contributed by atoms with Crippen LogP contribution in [0.4, 0.5) is 0 Å². The van der Waals surface area contributed by atoms with Crippen LogP contribution in [-0.4, -0.2) is 26.4 Å². The Morgan fingerprint density at radius 1 is 1.17 bits per heavy atom.